The molecule has 10 heavy (non-hydrogen) atoms. The molecule has 1 aromatic heterocycles. The van der Waals surface area contributed by atoms with Gasteiger partial charge < -0.3 is 8.84 Å². The van der Waals surface area contributed by atoms with Crippen LogP contribution in [0, 0.1) is 0 Å². The van der Waals surface area contributed by atoms with Crippen LogP contribution in [0.5, 0.6) is 0 Å². The van der Waals surface area contributed by atoms with E-state index in [1.54, 1.807) is 6.26 Å². The van der Waals surface area contributed by atoms with E-state index in [-0.39, 0.29) is 0 Å². The summed E-state index contributed by atoms with van der Waals surface area (Å²) in [6, 6.07) is 3.79. The molecule has 1 aromatic rings. The first-order valence-corrected chi connectivity index (χ1v) is 5.65. The predicted octanol–water partition coefficient (Wildman–Crippen LogP) is 2.05. The molecule has 0 aliphatic rings. The van der Waals surface area contributed by atoms with Crippen molar-refractivity contribution in [2.45, 2.75) is 19.7 Å². The molecule has 3 heteroatoms. The van der Waals surface area contributed by atoms with Crippen LogP contribution < -0.4 is 0 Å². The van der Waals surface area contributed by atoms with Crippen LogP contribution in [-0.4, -0.2) is 9.04 Å². The third-order valence-corrected chi connectivity index (χ3v) is 1.80. The summed E-state index contributed by atoms with van der Waals surface area (Å²) >= 11 is 0. The van der Waals surface area contributed by atoms with E-state index in [2.05, 4.69) is 13.1 Å². The molecule has 0 atom stereocenters. The molecule has 0 spiro atoms. The first-order chi connectivity index (χ1) is 4.79. The first kappa shape index (κ1) is 7.56. The molecule has 1 rings (SSSR count). The molecule has 0 amide bonds. The maximum Gasteiger partial charge on any atom is 0.205 e. The van der Waals surface area contributed by atoms with Crippen LogP contribution in [0.1, 0.15) is 5.76 Å². The Morgan fingerprint density at radius 3 is 2.90 bits per heavy atom. The Balaban J connectivity index is 2.28. The molecule has 0 bridgehead atoms. The summed E-state index contributed by atoms with van der Waals surface area (Å²) in [4.78, 5) is 0. The number of hydrogen-bond acceptors (Lipinski definition) is 2. The van der Waals surface area contributed by atoms with Crippen LogP contribution in [0.4, 0.5) is 0 Å². The SMILES string of the molecule is C[Si](C)OCc1ccco1. The maximum atomic E-state index is 5.39. The maximum absolute atomic E-state index is 5.39. The molecule has 0 saturated carbocycles. The lowest BCUT2D eigenvalue weighted by Gasteiger charge is -2.01. The highest BCUT2D eigenvalue weighted by atomic mass is 28.3. The Bertz CT molecular complexity index is 170. The summed E-state index contributed by atoms with van der Waals surface area (Å²) in [5, 5.41) is 0. The highest BCUT2D eigenvalue weighted by molar-refractivity contribution is 6.48. The molecule has 2 nitrogen and oxygen atoms in total. The van der Waals surface area contributed by atoms with Crippen molar-refractivity contribution in [3.05, 3.63) is 24.2 Å². The van der Waals surface area contributed by atoms with Gasteiger partial charge in [0.1, 0.15) is 5.76 Å². The van der Waals surface area contributed by atoms with Gasteiger partial charge in [0.05, 0.1) is 12.9 Å². The van der Waals surface area contributed by atoms with E-state index in [1.165, 1.54) is 0 Å². The van der Waals surface area contributed by atoms with Gasteiger partial charge in [-0.2, -0.15) is 0 Å². The molecular weight excluding hydrogens is 144 g/mol. The van der Waals surface area contributed by atoms with Gasteiger partial charge in [0.25, 0.3) is 0 Å². The lowest BCUT2D eigenvalue weighted by Crippen LogP contribution is -2.06. The summed E-state index contributed by atoms with van der Waals surface area (Å²) in [5.41, 5.74) is 0. The minimum Gasteiger partial charge on any atom is -0.467 e. The molecule has 1 radical (unpaired) electrons. The predicted molar refractivity (Wildman–Crippen MR) is 41.0 cm³/mol. The molecule has 1 heterocycles. The zero-order chi connectivity index (χ0) is 7.40. The van der Waals surface area contributed by atoms with Crippen molar-refractivity contribution in [1.82, 2.24) is 0 Å². The zero-order valence-corrected chi connectivity index (χ0v) is 7.26. The minimum atomic E-state index is -0.570. The van der Waals surface area contributed by atoms with Crippen LogP contribution >= 0.6 is 0 Å². The summed E-state index contributed by atoms with van der Waals surface area (Å²) < 4.78 is 10.5. The van der Waals surface area contributed by atoms with Crippen LogP contribution in [0.15, 0.2) is 22.8 Å². The van der Waals surface area contributed by atoms with Gasteiger partial charge in [-0.15, -0.1) is 0 Å². The average molecular weight is 155 g/mol. The molecule has 0 fully saturated rings. The molecule has 0 saturated heterocycles. The van der Waals surface area contributed by atoms with Gasteiger partial charge in [-0.05, 0) is 25.2 Å². The topological polar surface area (TPSA) is 22.4 Å². The van der Waals surface area contributed by atoms with Crippen LogP contribution in [0.2, 0.25) is 13.1 Å². The second-order valence-corrected chi connectivity index (χ2v) is 4.38. The van der Waals surface area contributed by atoms with Crippen LogP contribution in [0.25, 0.3) is 0 Å². The molecule has 55 valence electrons. The summed E-state index contributed by atoms with van der Waals surface area (Å²) in [5.74, 6) is 0.909. The molecule has 0 aromatic carbocycles. The number of rotatable bonds is 3. The number of hydrogen-bond donors (Lipinski definition) is 0. The van der Waals surface area contributed by atoms with Gasteiger partial charge in [0.2, 0.25) is 9.04 Å². The fourth-order valence-electron chi connectivity index (χ4n) is 0.610. The Labute approximate surface area is 62.5 Å². The molecule has 0 aliphatic carbocycles. The van der Waals surface area contributed by atoms with E-state index >= 15 is 0 Å². The monoisotopic (exact) mass is 155 g/mol. The largest absolute Gasteiger partial charge is 0.467 e. The first-order valence-electron chi connectivity index (χ1n) is 3.24. The lowest BCUT2D eigenvalue weighted by atomic mass is 10.5. The normalized spacial score (nSPS) is 10.7. The number of furan rings is 1. The van der Waals surface area contributed by atoms with E-state index in [9.17, 15) is 0 Å². The highest BCUT2D eigenvalue weighted by Gasteiger charge is 1.98. The van der Waals surface area contributed by atoms with Crippen molar-refractivity contribution in [1.29, 1.82) is 0 Å². The second-order valence-electron chi connectivity index (χ2n) is 2.28. The van der Waals surface area contributed by atoms with Gasteiger partial charge in [-0.1, -0.05) is 0 Å². The van der Waals surface area contributed by atoms with Gasteiger partial charge in [-0.3, -0.25) is 0 Å². The standard InChI is InChI=1S/C7H11O2Si/c1-10(2)9-6-7-4-3-5-8-7/h3-5H,6H2,1-2H3. The van der Waals surface area contributed by atoms with Crippen molar-refractivity contribution in [2.75, 3.05) is 0 Å². The third kappa shape index (κ3) is 2.37. The Morgan fingerprint density at radius 2 is 2.40 bits per heavy atom. The molecular formula is C7H11O2Si. The summed E-state index contributed by atoms with van der Waals surface area (Å²) in [7, 11) is -0.570. The Morgan fingerprint density at radius 1 is 1.60 bits per heavy atom. The smallest absolute Gasteiger partial charge is 0.205 e. The van der Waals surface area contributed by atoms with E-state index in [0.717, 1.165) is 5.76 Å². The molecule has 0 N–H and O–H groups in total. The Kier molecular flexibility index (Phi) is 2.71. The van der Waals surface area contributed by atoms with Crippen molar-refractivity contribution >= 4 is 9.04 Å². The van der Waals surface area contributed by atoms with Gasteiger partial charge in [0, 0.05) is 0 Å². The summed E-state index contributed by atoms with van der Waals surface area (Å²) in [6.07, 6.45) is 1.66. The van der Waals surface area contributed by atoms with Crippen molar-refractivity contribution in [2.24, 2.45) is 0 Å². The van der Waals surface area contributed by atoms with E-state index in [4.69, 9.17) is 8.84 Å². The van der Waals surface area contributed by atoms with Gasteiger partial charge in [0.15, 0.2) is 0 Å². The van der Waals surface area contributed by atoms with Gasteiger partial charge >= 0.3 is 0 Å². The fourth-order valence-corrected chi connectivity index (χ4v) is 1.04. The average Bonchev–Trinajstić information content (AvgIpc) is 2.34. The summed E-state index contributed by atoms with van der Waals surface area (Å²) in [6.45, 7) is 4.83. The third-order valence-electron chi connectivity index (χ3n) is 1.08. The molecule has 0 unspecified atom stereocenters. The van der Waals surface area contributed by atoms with Crippen molar-refractivity contribution in [3.8, 4) is 0 Å². The van der Waals surface area contributed by atoms with E-state index in [1.807, 2.05) is 12.1 Å². The minimum absolute atomic E-state index is 0.570. The van der Waals surface area contributed by atoms with E-state index < -0.39 is 9.04 Å². The highest BCUT2D eigenvalue weighted by Crippen LogP contribution is 2.02. The van der Waals surface area contributed by atoms with Crippen molar-refractivity contribution < 1.29 is 8.84 Å². The van der Waals surface area contributed by atoms with Crippen LogP contribution in [-0.2, 0) is 11.0 Å². The Hall–Kier alpha value is -0.543. The van der Waals surface area contributed by atoms with Crippen LogP contribution in [0.3, 0.4) is 0 Å². The molecule has 0 aliphatic heterocycles. The van der Waals surface area contributed by atoms with E-state index in [0.29, 0.717) is 6.61 Å². The zero-order valence-electron chi connectivity index (χ0n) is 6.26. The second kappa shape index (κ2) is 3.58. The van der Waals surface area contributed by atoms with Gasteiger partial charge in [-0.25, -0.2) is 0 Å². The van der Waals surface area contributed by atoms with Crippen molar-refractivity contribution in [3.63, 3.8) is 0 Å². The quantitative estimate of drug-likeness (QED) is 0.623. The fraction of sp³-hybridized carbons (Fsp3) is 0.429. The lowest BCUT2D eigenvalue weighted by molar-refractivity contribution is 0.276.